The molecular formula is C13H18F3N3S. The van der Waals surface area contributed by atoms with Crippen molar-refractivity contribution in [3.8, 4) is 0 Å². The Morgan fingerprint density at radius 3 is 2.45 bits per heavy atom. The fourth-order valence-electron chi connectivity index (χ4n) is 2.24. The zero-order valence-corrected chi connectivity index (χ0v) is 11.9. The van der Waals surface area contributed by atoms with Gasteiger partial charge in [-0.25, -0.2) is 0 Å². The molecule has 3 nitrogen and oxygen atoms in total. The second kappa shape index (κ2) is 6.58. The maximum Gasteiger partial charge on any atom is 0.441 e. The number of nitrogens with two attached hydrogens (primary N) is 1. The third-order valence-corrected chi connectivity index (χ3v) is 3.99. The van der Waals surface area contributed by atoms with Crippen LogP contribution in [0.1, 0.15) is 0 Å². The molecule has 0 amide bonds. The van der Waals surface area contributed by atoms with Gasteiger partial charge in [0.2, 0.25) is 0 Å². The number of thioether (sulfide) groups is 1. The van der Waals surface area contributed by atoms with Crippen LogP contribution in [0, 0.1) is 0 Å². The van der Waals surface area contributed by atoms with Crippen LogP contribution in [-0.2, 0) is 0 Å². The Morgan fingerprint density at radius 2 is 1.85 bits per heavy atom. The van der Waals surface area contributed by atoms with Gasteiger partial charge in [0.05, 0.1) is 0 Å². The Hall–Kier alpha value is -1.08. The Bertz CT molecular complexity index is 431. The van der Waals surface area contributed by atoms with Crippen molar-refractivity contribution in [1.29, 1.82) is 0 Å². The van der Waals surface area contributed by atoms with E-state index in [0.29, 0.717) is 6.54 Å². The molecule has 1 aliphatic rings. The van der Waals surface area contributed by atoms with Gasteiger partial charge in [0.15, 0.2) is 0 Å². The van der Waals surface area contributed by atoms with Gasteiger partial charge in [-0.2, -0.15) is 13.2 Å². The zero-order valence-electron chi connectivity index (χ0n) is 11.1. The van der Waals surface area contributed by atoms with Crippen molar-refractivity contribution in [2.24, 2.45) is 0 Å². The molecule has 1 aromatic rings. The first-order valence-corrected chi connectivity index (χ1v) is 7.46. The molecule has 1 aromatic carbocycles. The Balaban J connectivity index is 1.75. The minimum Gasteiger partial charge on any atom is -0.399 e. The number of halogens is 3. The number of nitrogen functional groups attached to an aromatic ring is 1. The number of anilines is 2. The third-order valence-electron chi connectivity index (χ3n) is 3.28. The summed E-state index contributed by atoms with van der Waals surface area (Å²) in [6.07, 6.45) is 0. The highest BCUT2D eigenvalue weighted by Crippen LogP contribution is 2.30. The van der Waals surface area contributed by atoms with E-state index in [1.807, 2.05) is 24.3 Å². The molecule has 0 unspecified atom stereocenters. The van der Waals surface area contributed by atoms with Crippen molar-refractivity contribution in [3.63, 3.8) is 0 Å². The van der Waals surface area contributed by atoms with Crippen LogP contribution in [-0.4, -0.2) is 48.9 Å². The van der Waals surface area contributed by atoms with Gasteiger partial charge in [0.1, 0.15) is 0 Å². The third kappa shape index (κ3) is 4.79. The molecule has 0 saturated carbocycles. The molecule has 0 spiro atoms. The summed E-state index contributed by atoms with van der Waals surface area (Å²) in [4.78, 5) is 4.28. The highest BCUT2D eigenvalue weighted by molar-refractivity contribution is 8.00. The van der Waals surface area contributed by atoms with Gasteiger partial charge in [-0.05, 0) is 30.0 Å². The first-order chi connectivity index (χ1) is 9.44. The van der Waals surface area contributed by atoms with E-state index in [0.717, 1.165) is 37.6 Å². The van der Waals surface area contributed by atoms with Crippen LogP contribution in [0.2, 0.25) is 0 Å². The van der Waals surface area contributed by atoms with Crippen molar-refractivity contribution in [1.82, 2.24) is 4.90 Å². The summed E-state index contributed by atoms with van der Waals surface area (Å²) in [5.41, 5.74) is 3.44. The van der Waals surface area contributed by atoms with E-state index in [2.05, 4.69) is 9.80 Å². The van der Waals surface area contributed by atoms with Crippen molar-refractivity contribution < 1.29 is 13.2 Å². The summed E-state index contributed by atoms with van der Waals surface area (Å²) < 4.78 is 36.2. The number of rotatable bonds is 4. The number of benzene rings is 1. The second-order valence-electron chi connectivity index (χ2n) is 4.72. The minimum atomic E-state index is -4.12. The molecule has 0 aromatic heterocycles. The molecule has 0 atom stereocenters. The number of piperazine rings is 1. The molecule has 0 bridgehead atoms. The SMILES string of the molecule is Nc1cccc(N2CCN(CCSC(F)(F)F)CC2)c1. The predicted octanol–water partition coefficient (Wildman–Crippen LogP) is 2.64. The van der Waals surface area contributed by atoms with Crippen LogP contribution in [0.5, 0.6) is 0 Å². The summed E-state index contributed by atoms with van der Waals surface area (Å²) in [6.45, 7) is 3.69. The van der Waals surface area contributed by atoms with Crippen LogP contribution in [0.3, 0.4) is 0 Å². The Labute approximate surface area is 120 Å². The molecule has 20 heavy (non-hydrogen) atoms. The summed E-state index contributed by atoms with van der Waals surface area (Å²) in [6, 6.07) is 7.69. The molecule has 1 heterocycles. The van der Waals surface area contributed by atoms with E-state index in [4.69, 9.17) is 5.73 Å². The number of nitrogens with zero attached hydrogens (tertiary/aromatic N) is 2. The quantitative estimate of drug-likeness (QED) is 0.867. The van der Waals surface area contributed by atoms with E-state index >= 15 is 0 Å². The first-order valence-electron chi connectivity index (χ1n) is 6.47. The lowest BCUT2D eigenvalue weighted by Crippen LogP contribution is -2.47. The van der Waals surface area contributed by atoms with E-state index in [-0.39, 0.29) is 17.5 Å². The van der Waals surface area contributed by atoms with E-state index in [1.165, 1.54) is 0 Å². The maximum atomic E-state index is 12.1. The molecule has 2 rings (SSSR count). The Morgan fingerprint density at radius 1 is 1.15 bits per heavy atom. The predicted molar refractivity (Wildman–Crippen MR) is 78.0 cm³/mol. The van der Waals surface area contributed by atoms with Gasteiger partial charge in [-0.3, -0.25) is 4.90 Å². The normalized spacial score (nSPS) is 17.4. The minimum absolute atomic E-state index is 0.0546. The van der Waals surface area contributed by atoms with Crippen LogP contribution < -0.4 is 10.6 Å². The fourth-order valence-corrected chi connectivity index (χ4v) is 2.82. The van der Waals surface area contributed by atoms with Gasteiger partial charge in [0, 0.05) is 49.9 Å². The lowest BCUT2D eigenvalue weighted by Gasteiger charge is -2.36. The van der Waals surface area contributed by atoms with E-state index < -0.39 is 5.51 Å². The van der Waals surface area contributed by atoms with E-state index in [9.17, 15) is 13.2 Å². The molecule has 0 aliphatic carbocycles. The highest BCUT2D eigenvalue weighted by atomic mass is 32.2. The molecule has 7 heteroatoms. The second-order valence-corrected chi connectivity index (χ2v) is 5.88. The number of hydrogen-bond acceptors (Lipinski definition) is 4. The maximum absolute atomic E-state index is 12.1. The van der Waals surface area contributed by atoms with Crippen LogP contribution in [0.15, 0.2) is 24.3 Å². The van der Waals surface area contributed by atoms with Crippen molar-refractivity contribution in [2.75, 3.05) is 49.1 Å². The average Bonchev–Trinajstić information content (AvgIpc) is 2.38. The van der Waals surface area contributed by atoms with Crippen molar-refractivity contribution >= 4 is 23.1 Å². The molecule has 1 fully saturated rings. The largest absolute Gasteiger partial charge is 0.441 e. The van der Waals surface area contributed by atoms with Crippen molar-refractivity contribution in [3.05, 3.63) is 24.3 Å². The van der Waals surface area contributed by atoms with Crippen LogP contribution >= 0.6 is 11.8 Å². The van der Waals surface area contributed by atoms with Gasteiger partial charge in [-0.15, -0.1) is 0 Å². The monoisotopic (exact) mass is 305 g/mol. The lowest BCUT2D eigenvalue weighted by atomic mass is 10.2. The summed E-state index contributed by atoms with van der Waals surface area (Å²) in [7, 11) is 0. The first kappa shape index (κ1) is 15.3. The smallest absolute Gasteiger partial charge is 0.399 e. The van der Waals surface area contributed by atoms with E-state index in [1.54, 1.807) is 0 Å². The average molecular weight is 305 g/mol. The topological polar surface area (TPSA) is 32.5 Å². The van der Waals surface area contributed by atoms with Crippen molar-refractivity contribution in [2.45, 2.75) is 5.51 Å². The molecule has 2 N–H and O–H groups in total. The van der Waals surface area contributed by atoms with Crippen LogP contribution in [0.4, 0.5) is 24.5 Å². The standard InChI is InChI=1S/C13H18F3N3S/c14-13(15,16)20-9-8-18-4-6-19(7-5-18)12-3-1-2-11(17)10-12/h1-3,10H,4-9,17H2. The number of hydrogen-bond donors (Lipinski definition) is 1. The molecular weight excluding hydrogens is 287 g/mol. The Kier molecular flexibility index (Phi) is 5.04. The van der Waals surface area contributed by atoms with Gasteiger partial charge in [-0.1, -0.05) is 6.07 Å². The summed E-state index contributed by atoms with van der Waals surface area (Å²) >= 11 is 0.0546. The molecule has 1 aliphatic heterocycles. The summed E-state index contributed by atoms with van der Waals surface area (Å²) in [5, 5.41) is 0. The van der Waals surface area contributed by atoms with Gasteiger partial charge < -0.3 is 10.6 Å². The molecule has 112 valence electrons. The lowest BCUT2D eigenvalue weighted by molar-refractivity contribution is -0.0328. The molecule has 0 radical (unpaired) electrons. The highest BCUT2D eigenvalue weighted by Gasteiger charge is 2.28. The van der Waals surface area contributed by atoms with Gasteiger partial charge >= 0.3 is 5.51 Å². The number of alkyl halides is 3. The fraction of sp³-hybridized carbons (Fsp3) is 0.538. The van der Waals surface area contributed by atoms with Crippen LogP contribution in [0.25, 0.3) is 0 Å². The van der Waals surface area contributed by atoms with Gasteiger partial charge in [0.25, 0.3) is 0 Å². The zero-order chi connectivity index (χ0) is 14.6. The molecule has 1 saturated heterocycles. The summed E-state index contributed by atoms with van der Waals surface area (Å²) in [5.74, 6) is 0.0990.